The Balaban J connectivity index is 0.000000283. The lowest BCUT2D eigenvalue weighted by molar-refractivity contribution is 0.292. The fourth-order valence-corrected chi connectivity index (χ4v) is 7.37. The molecule has 2 aromatic carbocycles. The fraction of sp³-hybridized carbons (Fsp3) is 0.485. The minimum Gasteiger partial charge on any atom is -0.508 e. The van der Waals surface area contributed by atoms with E-state index in [-0.39, 0.29) is 22.9 Å². The molecule has 3 aliphatic heterocycles. The van der Waals surface area contributed by atoms with Gasteiger partial charge < -0.3 is 19.2 Å². The van der Waals surface area contributed by atoms with Crippen molar-refractivity contribution < 1.29 is 23.0 Å². The third kappa shape index (κ3) is 5.09. The molecule has 2 aromatic heterocycles. The molecule has 3 unspecified atom stereocenters. The number of methoxy groups -OCH3 is 1. The standard InChI is InChI=1S/C26H24FN3O4.C7H12FN/c1-13-22-21(24(29-26(28-22)33-2)30-10-4-7-19(30)14-8-9-14)25(32)34-23(13)17-12-16(31)11-15-5-3-6-18(27)20(15)17;8-6-4-7-2-1-3-9(7)5-6/h3,5-6,11-12,14,19,31H,4,7-10H2,1-2H3;6-7H,1-5H2. The van der Waals surface area contributed by atoms with Gasteiger partial charge in [0.15, 0.2) is 5.82 Å². The van der Waals surface area contributed by atoms with Crippen molar-refractivity contribution in [1.29, 1.82) is 0 Å². The number of fused-ring (bicyclic) bond motifs is 3. The summed E-state index contributed by atoms with van der Waals surface area (Å²) in [7, 11) is 1.49. The van der Waals surface area contributed by atoms with Gasteiger partial charge >= 0.3 is 11.6 Å². The van der Waals surface area contributed by atoms with E-state index in [1.165, 1.54) is 51.0 Å². The van der Waals surface area contributed by atoms with Gasteiger partial charge in [-0.3, -0.25) is 4.90 Å². The molecule has 0 radical (unpaired) electrons. The highest BCUT2D eigenvalue weighted by atomic mass is 19.1. The van der Waals surface area contributed by atoms with Crippen molar-refractivity contribution in [3.8, 4) is 23.1 Å². The molecule has 0 bridgehead atoms. The zero-order valence-corrected chi connectivity index (χ0v) is 24.5. The van der Waals surface area contributed by atoms with Crippen LogP contribution in [0.25, 0.3) is 33.0 Å². The van der Waals surface area contributed by atoms with E-state index in [2.05, 4.69) is 19.8 Å². The van der Waals surface area contributed by atoms with Crippen LogP contribution >= 0.6 is 0 Å². The van der Waals surface area contributed by atoms with Gasteiger partial charge in [-0.2, -0.15) is 9.97 Å². The van der Waals surface area contributed by atoms with Gasteiger partial charge in [-0.15, -0.1) is 0 Å². The summed E-state index contributed by atoms with van der Waals surface area (Å²) in [5, 5.41) is 11.4. The number of hydrogen-bond donors (Lipinski definition) is 1. The van der Waals surface area contributed by atoms with E-state index >= 15 is 0 Å². The average Bonchev–Trinajstić information content (AvgIpc) is 3.36. The zero-order chi connectivity index (χ0) is 29.8. The molecule has 226 valence electrons. The van der Waals surface area contributed by atoms with Gasteiger partial charge in [0.05, 0.1) is 12.6 Å². The number of rotatable bonds is 4. The van der Waals surface area contributed by atoms with Crippen molar-refractivity contribution in [2.24, 2.45) is 5.92 Å². The van der Waals surface area contributed by atoms with Gasteiger partial charge in [-0.25, -0.2) is 13.6 Å². The van der Waals surface area contributed by atoms with Crippen LogP contribution in [0.4, 0.5) is 14.6 Å². The molecule has 3 saturated heterocycles. The number of phenols is 1. The van der Waals surface area contributed by atoms with Crippen LogP contribution in [0.15, 0.2) is 39.5 Å². The Hall–Kier alpha value is -3.79. The van der Waals surface area contributed by atoms with Crippen molar-refractivity contribution >= 4 is 27.5 Å². The third-order valence-corrected chi connectivity index (χ3v) is 9.50. The van der Waals surface area contributed by atoms with Crippen LogP contribution in [0.2, 0.25) is 0 Å². The molecule has 1 saturated carbocycles. The van der Waals surface area contributed by atoms with Crippen molar-refractivity contribution in [2.45, 2.75) is 70.1 Å². The number of hydrogen-bond acceptors (Lipinski definition) is 8. The Morgan fingerprint density at radius 2 is 1.88 bits per heavy atom. The van der Waals surface area contributed by atoms with Crippen molar-refractivity contribution in [3.05, 3.63) is 52.1 Å². The van der Waals surface area contributed by atoms with Gasteiger partial charge in [-0.1, -0.05) is 12.1 Å². The summed E-state index contributed by atoms with van der Waals surface area (Å²) >= 11 is 0. The maximum Gasteiger partial charge on any atom is 0.349 e. The number of nitrogens with zero attached hydrogens (tertiary/aromatic N) is 4. The molecule has 10 heteroatoms. The zero-order valence-electron chi connectivity index (χ0n) is 24.5. The molecule has 0 spiro atoms. The molecule has 43 heavy (non-hydrogen) atoms. The van der Waals surface area contributed by atoms with Crippen LogP contribution in [-0.2, 0) is 0 Å². The largest absolute Gasteiger partial charge is 0.508 e. The number of halogens is 2. The highest BCUT2D eigenvalue weighted by Crippen LogP contribution is 2.44. The number of benzene rings is 2. The lowest BCUT2D eigenvalue weighted by Crippen LogP contribution is -2.32. The van der Waals surface area contributed by atoms with Crippen LogP contribution < -0.4 is 15.3 Å². The second-order valence-electron chi connectivity index (χ2n) is 12.3. The molecule has 4 aliphatic rings. The SMILES string of the molecule is COc1nc(N2CCCC2C2CC2)c2c(=O)oc(-c3cc(O)cc4cccc(F)c34)c(C)c2n1.FC1CC2CCCN2C1. The minimum absolute atomic E-state index is 0.0551. The van der Waals surface area contributed by atoms with E-state index in [9.17, 15) is 18.7 Å². The monoisotopic (exact) mass is 590 g/mol. The first-order chi connectivity index (χ1) is 20.8. The average molecular weight is 591 g/mol. The molecule has 1 N–H and O–H groups in total. The molecule has 3 atom stereocenters. The molecular weight excluding hydrogens is 554 g/mol. The van der Waals surface area contributed by atoms with Crippen LogP contribution in [0.1, 0.15) is 50.5 Å². The first kappa shape index (κ1) is 28.0. The quantitative estimate of drug-likeness (QED) is 0.303. The second-order valence-corrected chi connectivity index (χ2v) is 12.3. The van der Waals surface area contributed by atoms with Gasteiger partial charge in [0.2, 0.25) is 0 Å². The fourth-order valence-electron chi connectivity index (χ4n) is 7.37. The Labute approximate surface area is 248 Å². The van der Waals surface area contributed by atoms with Gasteiger partial charge in [0, 0.05) is 41.7 Å². The minimum atomic E-state index is -0.595. The normalized spacial score (nSPS) is 23.5. The number of aryl methyl sites for hydroxylation is 1. The van der Waals surface area contributed by atoms with E-state index in [4.69, 9.17) is 9.15 Å². The number of aromatic hydroxyl groups is 1. The molecule has 5 heterocycles. The third-order valence-electron chi connectivity index (χ3n) is 9.50. The van der Waals surface area contributed by atoms with Crippen LogP contribution in [0.5, 0.6) is 11.8 Å². The van der Waals surface area contributed by atoms with E-state index < -0.39 is 17.6 Å². The maximum atomic E-state index is 14.9. The van der Waals surface area contributed by atoms with Crippen molar-refractivity contribution in [2.75, 3.05) is 31.6 Å². The van der Waals surface area contributed by atoms with E-state index in [1.807, 2.05) is 0 Å². The van der Waals surface area contributed by atoms with Crippen LogP contribution in [0, 0.1) is 18.7 Å². The highest BCUT2D eigenvalue weighted by molar-refractivity contribution is 6.00. The molecule has 4 aromatic rings. The first-order valence-corrected chi connectivity index (χ1v) is 15.3. The Morgan fingerprint density at radius 3 is 2.65 bits per heavy atom. The van der Waals surface area contributed by atoms with Crippen LogP contribution in [0.3, 0.4) is 0 Å². The molecule has 0 amide bonds. The number of alkyl halides is 1. The molecular formula is C33H36F2N4O4. The molecule has 8 rings (SSSR count). The predicted octanol–water partition coefficient (Wildman–Crippen LogP) is 6.14. The number of ether oxygens (including phenoxy) is 1. The summed E-state index contributed by atoms with van der Waals surface area (Å²) in [5.74, 6) is 0.787. The summed E-state index contributed by atoms with van der Waals surface area (Å²) in [6.45, 7) is 4.44. The molecule has 1 aliphatic carbocycles. The summed E-state index contributed by atoms with van der Waals surface area (Å²) in [4.78, 5) is 27.0. The summed E-state index contributed by atoms with van der Waals surface area (Å²) in [6, 6.07) is 8.61. The summed E-state index contributed by atoms with van der Waals surface area (Å²) in [5.41, 5.74) is 0.652. The highest BCUT2D eigenvalue weighted by Gasteiger charge is 2.40. The van der Waals surface area contributed by atoms with Crippen LogP contribution in [-0.4, -0.2) is 65.0 Å². The molecule has 8 nitrogen and oxygen atoms in total. The predicted molar refractivity (Wildman–Crippen MR) is 161 cm³/mol. The number of anilines is 1. The van der Waals surface area contributed by atoms with E-state index in [0.717, 1.165) is 32.4 Å². The Bertz CT molecular complexity index is 1750. The first-order valence-electron chi connectivity index (χ1n) is 15.3. The van der Waals surface area contributed by atoms with Gasteiger partial charge in [-0.05, 0) is 87.9 Å². The lowest BCUT2D eigenvalue weighted by Gasteiger charge is -2.26. The van der Waals surface area contributed by atoms with E-state index in [0.29, 0.717) is 57.8 Å². The van der Waals surface area contributed by atoms with Crippen molar-refractivity contribution in [3.63, 3.8) is 0 Å². The second kappa shape index (κ2) is 11.0. The maximum absolute atomic E-state index is 14.9. The molecule has 4 fully saturated rings. The lowest BCUT2D eigenvalue weighted by atomic mass is 9.98. The van der Waals surface area contributed by atoms with Crippen molar-refractivity contribution in [1.82, 2.24) is 14.9 Å². The smallest absolute Gasteiger partial charge is 0.349 e. The Morgan fingerprint density at radius 1 is 1.07 bits per heavy atom. The van der Waals surface area contributed by atoms with E-state index in [1.54, 1.807) is 19.1 Å². The topological polar surface area (TPSA) is 91.9 Å². The number of aromatic nitrogens is 2. The van der Waals surface area contributed by atoms with Gasteiger partial charge in [0.25, 0.3) is 0 Å². The van der Waals surface area contributed by atoms with Gasteiger partial charge in [0.1, 0.15) is 28.9 Å². The summed E-state index contributed by atoms with van der Waals surface area (Å²) in [6.07, 6.45) is 7.29. The Kier molecular flexibility index (Phi) is 7.19. The number of phenolic OH excluding ortho intramolecular Hbond substituents is 1. The summed E-state index contributed by atoms with van der Waals surface area (Å²) < 4.78 is 38.7.